The number of aromatic nitrogens is 2. The van der Waals surface area contributed by atoms with Gasteiger partial charge in [0.2, 0.25) is 5.89 Å². The maximum Gasteiger partial charge on any atom is 0.240 e. The molecule has 0 radical (unpaired) electrons. The zero-order valence-corrected chi connectivity index (χ0v) is 13.6. The van der Waals surface area contributed by atoms with E-state index in [1.54, 1.807) is 0 Å². The first-order valence-corrected chi connectivity index (χ1v) is 7.71. The van der Waals surface area contributed by atoms with Gasteiger partial charge in [0.15, 0.2) is 5.82 Å². The van der Waals surface area contributed by atoms with Gasteiger partial charge in [0.1, 0.15) is 0 Å². The average molecular weight is 338 g/mol. The molecule has 0 unspecified atom stereocenters. The van der Waals surface area contributed by atoms with Gasteiger partial charge < -0.3 is 4.52 Å². The van der Waals surface area contributed by atoms with Gasteiger partial charge in [-0.1, -0.05) is 46.6 Å². The summed E-state index contributed by atoms with van der Waals surface area (Å²) < 4.78 is 6.38. The van der Waals surface area contributed by atoms with Crippen molar-refractivity contribution < 1.29 is 4.52 Å². The number of hydrogen-bond acceptors (Lipinski definition) is 4. The highest BCUT2D eigenvalue weighted by molar-refractivity contribution is 9.10. The van der Waals surface area contributed by atoms with Crippen LogP contribution in [0, 0.1) is 0 Å². The Hall–Kier alpha value is -1.20. The Kier molecular flexibility index (Phi) is 5.73. The number of aryl methyl sites for hydroxylation is 1. The molecule has 108 valence electrons. The molecule has 1 aromatic carbocycles. The third kappa shape index (κ3) is 4.72. The number of hydrogen-bond donors (Lipinski definition) is 0. The largest absolute Gasteiger partial charge is 0.338 e. The molecule has 2 rings (SSSR count). The molecule has 0 aliphatic carbocycles. The number of halogens is 1. The van der Waals surface area contributed by atoms with Crippen molar-refractivity contribution in [1.82, 2.24) is 15.0 Å². The van der Waals surface area contributed by atoms with Gasteiger partial charge in [-0.05, 0) is 31.2 Å². The van der Waals surface area contributed by atoms with Crippen molar-refractivity contribution in [3.63, 3.8) is 0 Å². The lowest BCUT2D eigenvalue weighted by Gasteiger charge is -2.14. The van der Waals surface area contributed by atoms with E-state index in [0.717, 1.165) is 36.1 Å². The van der Waals surface area contributed by atoms with Crippen molar-refractivity contribution in [3.05, 3.63) is 46.0 Å². The molecule has 0 aliphatic heterocycles. The van der Waals surface area contributed by atoms with Crippen molar-refractivity contribution in [1.29, 1.82) is 0 Å². The SMILES string of the molecule is CCCCc1noc(CN(C)Cc2ccc(Br)cc2)n1. The van der Waals surface area contributed by atoms with E-state index in [4.69, 9.17) is 4.52 Å². The van der Waals surface area contributed by atoms with Crippen LogP contribution in [0.3, 0.4) is 0 Å². The summed E-state index contributed by atoms with van der Waals surface area (Å²) in [5, 5.41) is 4.01. The third-order valence-electron chi connectivity index (χ3n) is 3.04. The van der Waals surface area contributed by atoms with E-state index in [1.807, 2.05) is 0 Å². The smallest absolute Gasteiger partial charge is 0.240 e. The molecule has 2 aromatic rings. The second-order valence-electron chi connectivity index (χ2n) is 5.01. The molecule has 4 nitrogen and oxygen atoms in total. The van der Waals surface area contributed by atoms with Crippen molar-refractivity contribution in [2.75, 3.05) is 7.05 Å². The molecule has 1 aromatic heterocycles. The first-order chi connectivity index (χ1) is 9.67. The predicted octanol–water partition coefficient (Wildman–Crippen LogP) is 3.81. The highest BCUT2D eigenvalue weighted by Gasteiger charge is 2.09. The Morgan fingerprint density at radius 3 is 2.65 bits per heavy atom. The van der Waals surface area contributed by atoms with Crippen LogP contribution in [0.4, 0.5) is 0 Å². The van der Waals surface area contributed by atoms with E-state index in [9.17, 15) is 0 Å². The molecular weight excluding hydrogens is 318 g/mol. The fraction of sp³-hybridized carbons (Fsp3) is 0.467. The lowest BCUT2D eigenvalue weighted by Crippen LogP contribution is -2.17. The van der Waals surface area contributed by atoms with E-state index in [0.29, 0.717) is 12.4 Å². The van der Waals surface area contributed by atoms with E-state index < -0.39 is 0 Å². The van der Waals surface area contributed by atoms with Gasteiger partial charge in [0.25, 0.3) is 0 Å². The maximum atomic E-state index is 5.28. The summed E-state index contributed by atoms with van der Waals surface area (Å²) >= 11 is 3.44. The Labute approximate surface area is 128 Å². The third-order valence-corrected chi connectivity index (χ3v) is 3.56. The molecule has 1 heterocycles. The highest BCUT2D eigenvalue weighted by atomic mass is 79.9. The van der Waals surface area contributed by atoms with Crippen molar-refractivity contribution >= 4 is 15.9 Å². The van der Waals surface area contributed by atoms with Crippen molar-refractivity contribution in [3.8, 4) is 0 Å². The first-order valence-electron chi connectivity index (χ1n) is 6.92. The second-order valence-corrected chi connectivity index (χ2v) is 5.92. The minimum atomic E-state index is 0.676. The number of benzene rings is 1. The predicted molar refractivity (Wildman–Crippen MR) is 82.2 cm³/mol. The molecule has 20 heavy (non-hydrogen) atoms. The molecule has 0 saturated heterocycles. The summed E-state index contributed by atoms with van der Waals surface area (Å²) in [7, 11) is 2.05. The van der Waals surface area contributed by atoms with Gasteiger partial charge in [-0.15, -0.1) is 0 Å². The number of unbranched alkanes of at least 4 members (excludes halogenated alkanes) is 1. The summed E-state index contributed by atoms with van der Waals surface area (Å²) in [6, 6.07) is 8.33. The Bertz CT molecular complexity index is 524. The molecule has 0 bridgehead atoms. The van der Waals surface area contributed by atoms with Gasteiger partial charge in [-0.2, -0.15) is 4.98 Å². The summed E-state index contributed by atoms with van der Waals surface area (Å²) in [5.74, 6) is 1.51. The molecular formula is C15H20BrN3O. The quantitative estimate of drug-likeness (QED) is 0.770. The van der Waals surface area contributed by atoms with Crippen LogP contribution < -0.4 is 0 Å². The Morgan fingerprint density at radius 1 is 1.20 bits per heavy atom. The van der Waals surface area contributed by atoms with Crippen molar-refractivity contribution in [2.24, 2.45) is 0 Å². The van der Waals surface area contributed by atoms with Crippen LogP contribution in [0.5, 0.6) is 0 Å². The van der Waals surface area contributed by atoms with Crippen LogP contribution in [-0.2, 0) is 19.5 Å². The fourth-order valence-corrected chi connectivity index (χ4v) is 2.24. The standard InChI is InChI=1S/C15H20BrN3O/c1-3-4-5-14-17-15(20-18-14)11-19(2)10-12-6-8-13(16)9-7-12/h6-9H,3-5,10-11H2,1-2H3. The van der Waals surface area contributed by atoms with Crippen LogP contribution in [0.15, 0.2) is 33.3 Å². The van der Waals surface area contributed by atoms with Crippen molar-refractivity contribution in [2.45, 2.75) is 39.3 Å². The highest BCUT2D eigenvalue weighted by Crippen LogP contribution is 2.13. The minimum absolute atomic E-state index is 0.676. The average Bonchev–Trinajstić information content (AvgIpc) is 2.86. The van der Waals surface area contributed by atoms with Crippen LogP contribution in [0.25, 0.3) is 0 Å². The van der Waals surface area contributed by atoms with E-state index in [1.165, 1.54) is 5.56 Å². The monoisotopic (exact) mass is 337 g/mol. The van der Waals surface area contributed by atoms with Gasteiger partial charge in [0.05, 0.1) is 6.54 Å². The minimum Gasteiger partial charge on any atom is -0.338 e. The molecule has 0 fully saturated rings. The lowest BCUT2D eigenvalue weighted by molar-refractivity contribution is 0.260. The van der Waals surface area contributed by atoms with Crippen LogP contribution in [-0.4, -0.2) is 22.1 Å². The van der Waals surface area contributed by atoms with Crippen LogP contribution >= 0.6 is 15.9 Å². The van der Waals surface area contributed by atoms with Crippen LogP contribution in [0.2, 0.25) is 0 Å². The maximum absolute atomic E-state index is 5.28. The molecule has 0 N–H and O–H groups in total. The Balaban J connectivity index is 1.86. The van der Waals surface area contributed by atoms with E-state index in [-0.39, 0.29) is 0 Å². The zero-order valence-electron chi connectivity index (χ0n) is 12.0. The number of rotatable bonds is 7. The molecule has 0 atom stereocenters. The summed E-state index contributed by atoms with van der Waals surface area (Å²) in [5.41, 5.74) is 1.27. The summed E-state index contributed by atoms with van der Waals surface area (Å²) in [4.78, 5) is 6.58. The normalized spacial score (nSPS) is 11.2. The molecule has 0 aliphatic rings. The molecule has 0 spiro atoms. The Morgan fingerprint density at radius 2 is 1.95 bits per heavy atom. The van der Waals surface area contributed by atoms with Gasteiger partial charge >= 0.3 is 0 Å². The van der Waals surface area contributed by atoms with Crippen LogP contribution in [0.1, 0.15) is 37.0 Å². The molecule has 0 amide bonds. The second kappa shape index (κ2) is 7.55. The number of nitrogens with zero attached hydrogens (tertiary/aromatic N) is 3. The lowest BCUT2D eigenvalue weighted by atomic mass is 10.2. The molecule has 5 heteroatoms. The van der Waals surface area contributed by atoms with Gasteiger partial charge in [-0.25, -0.2) is 0 Å². The molecule has 0 saturated carbocycles. The summed E-state index contributed by atoms with van der Waals surface area (Å²) in [6.45, 7) is 3.70. The summed E-state index contributed by atoms with van der Waals surface area (Å²) in [6.07, 6.45) is 3.15. The van der Waals surface area contributed by atoms with E-state index >= 15 is 0 Å². The van der Waals surface area contributed by atoms with E-state index in [2.05, 4.69) is 69.2 Å². The first kappa shape index (κ1) is 15.2. The fourth-order valence-electron chi connectivity index (χ4n) is 1.98. The topological polar surface area (TPSA) is 42.2 Å². The zero-order chi connectivity index (χ0) is 14.4. The van der Waals surface area contributed by atoms with Gasteiger partial charge in [0, 0.05) is 17.4 Å². The van der Waals surface area contributed by atoms with Gasteiger partial charge in [-0.3, -0.25) is 4.90 Å².